The molecule has 0 fully saturated rings. The molecule has 0 saturated carbocycles. The summed E-state index contributed by atoms with van der Waals surface area (Å²) >= 11 is 0. The summed E-state index contributed by atoms with van der Waals surface area (Å²) in [5.74, 6) is 0. The Hall–Kier alpha value is -0.160. The lowest BCUT2D eigenvalue weighted by Crippen LogP contribution is -2.36. The quantitative estimate of drug-likeness (QED) is 0.552. The van der Waals surface area contributed by atoms with Crippen molar-refractivity contribution in [3.05, 3.63) is 0 Å². The number of rotatable bonds is 9. The highest BCUT2D eigenvalue weighted by atomic mass is 16.5. The van der Waals surface area contributed by atoms with Gasteiger partial charge in [-0.3, -0.25) is 4.90 Å². The van der Waals surface area contributed by atoms with E-state index in [-0.39, 0.29) is 6.10 Å². The molecule has 0 aromatic heterocycles. The molecular weight excluding hydrogens is 182 g/mol. The second-order valence-corrected chi connectivity index (χ2v) is 3.33. The van der Waals surface area contributed by atoms with E-state index in [0.717, 1.165) is 32.8 Å². The van der Waals surface area contributed by atoms with Gasteiger partial charge in [0.25, 0.3) is 0 Å². The third-order valence-electron chi connectivity index (χ3n) is 2.14. The summed E-state index contributed by atoms with van der Waals surface area (Å²) in [5, 5.41) is 0. The first kappa shape index (κ1) is 13.8. The lowest BCUT2D eigenvalue weighted by Gasteiger charge is -2.24. The molecule has 0 aliphatic carbocycles. The van der Waals surface area contributed by atoms with E-state index in [2.05, 4.69) is 11.8 Å². The van der Waals surface area contributed by atoms with Gasteiger partial charge >= 0.3 is 0 Å². The maximum atomic E-state index is 5.22. The lowest BCUT2D eigenvalue weighted by atomic mass is 10.3. The van der Waals surface area contributed by atoms with E-state index in [4.69, 9.17) is 14.2 Å². The van der Waals surface area contributed by atoms with Gasteiger partial charge < -0.3 is 14.2 Å². The van der Waals surface area contributed by atoms with E-state index in [0.29, 0.717) is 0 Å². The Morgan fingerprint density at radius 2 is 1.50 bits per heavy atom. The van der Waals surface area contributed by atoms with E-state index in [1.807, 2.05) is 0 Å². The molecule has 0 amide bonds. The smallest absolute Gasteiger partial charge is 0.0670 e. The Morgan fingerprint density at radius 3 is 1.86 bits per heavy atom. The van der Waals surface area contributed by atoms with Crippen LogP contribution in [0.1, 0.15) is 6.92 Å². The van der Waals surface area contributed by atoms with Crippen LogP contribution >= 0.6 is 0 Å². The van der Waals surface area contributed by atoms with Gasteiger partial charge in [0.1, 0.15) is 0 Å². The van der Waals surface area contributed by atoms with Crippen LogP contribution in [0.4, 0.5) is 0 Å². The van der Waals surface area contributed by atoms with Crippen molar-refractivity contribution in [1.82, 2.24) is 4.90 Å². The molecule has 0 aromatic carbocycles. The maximum absolute atomic E-state index is 5.22. The zero-order valence-corrected chi connectivity index (χ0v) is 9.78. The zero-order valence-electron chi connectivity index (χ0n) is 9.78. The van der Waals surface area contributed by atoms with Gasteiger partial charge in [0, 0.05) is 41.0 Å². The zero-order chi connectivity index (χ0) is 10.8. The third-order valence-corrected chi connectivity index (χ3v) is 2.14. The summed E-state index contributed by atoms with van der Waals surface area (Å²) in [6.45, 7) is 6.33. The molecule has 0 N–H and O–H groups in total. The average molecular weight is 205 g/mol. The van der Waals surface area contributed by atoms with Crippen molar-refractivity contribution < 1.29 is 14.2 Å². The molecule has 14 heavy (non-hydrogen) atoms. The summed E-state index contributed by atoms with van der Waals surface area (Å²) in [5.41, 5.74) is 0. The van der Waals surface area contributed by atoms with Gasteiger partial charge in [-0.05, 0) is 6.92 Å². The molecule has 0 heterocycles. The minimum Gasteiger partial charge on any atom is -0.383 e. The van der Waals surface area contributed by atoms with Crippen LogP contribution in [-0.4, -0.2) is 65.2 Å². The molecule has 0 aliphatic rings. The minimum atomic E-state index is 0.253. The second-order valence-electron chi connectivity index (χ2n) is 3.33. The summed E-state index contributed by atoms with van der Waals surface area (Å²) in [6.07, 6.45) is 0.253. The first-order chi connectivity index (χ1) is 6.74. The lowest BCUT2D eigenvalue weighted by molar-refractivity contribution is 0.0520. The van der Waals surface area contributed by atoms with Crippen molar-refractivity contribution in [1.29, 1.82) is 0 Å². The van der Waals surface area contributed by atoms with Crippen LogP contribution in [0.15, 0.2) is 0 Å². The highest BCUT2D eigenvalue weighted by molar-refractivity contribution is 4.61. The average Bonchev–Trinajstić information content (AvgIpc) is 2.21. The molecular formula is C10H23NO3. The molecule has 0 rings (SSSR count). The number of hydrogen-bond donors (Lipinski definition) is 0. The first-order valence-electron chi connectivity index (χ1n) is 4.97. The topological polar surface area (TPSA) is 30.9 Å². The van der Waals surface area contributed by atoms with Crippen molar-refractivity contribution >= 4 is 0 Å². The largest absolute Gasteiger partial charge is 0.383 e. The molecule has 0 spiro atoms. The van der Waals surface area contributed by atoms with Crippen molar-refractivity contribution in [2.24, 2.45) is 0 Å². The van der Waals surface area contributed by atoms with Gasteiger partial charge in [-0.2, -0.15) is 0 Å². The van der Waals surface area contributed by atoms with E-state index in [1.165, 1.54) is 0 Å². The Morgan fingerprint density at radius 1 is 1.00 bits per heavy atom. The number of nitrogens with zero attached hydrogens (tertiary/aromatic N) is 1. The molecule has 1 unspecified atom stereocenters. The Labute approximate surface area is 87.1 Å². The molecule has 0 radical (unpaired) electrons. The summed E-state index contributed by atoms with van der Waals surface area (Å²) in [7, 11) is 5.16. The molecule has 4 nitrogen and oxygen atoms in total. The molecule has 4 heteroatoms. The number of methoxy groups -OCH3 is 3. The highest BCUT2D eigenvalue weighted by Crippen LogP contribution is 1.95. The first-order valence-corrected chi connectivity index (χ1v) is 4.97. The Kier molecular flexibility index (Phi) is 9.29. The van der Waals surface area contributed by atoms with E-state index in [9.17, 15) is 0 Å². The van der Waals surface area contributed by atoms with Crippen LogP contribution in [0.3, 0.4) is 0 Å². The minimum absolute atomic E-state index is 0.253. The third kappa shape index (κ3) is 7.26. The van der Waals surface area contributed by atoms with E-state index < -0.39 is 0 Å². The summed E-state index contributed by atoms with van der Waals surface area (Å²) in [6, 6.07) is 0. The van der Waals surface area contributed by atoms with Crippen molar-refractivity contribution in [3.63, 3.8) is 0 Å². The number of hydrogen-bond acceptors (Lipinski definition) is 4. The van der Waals surface area contributed by atoms with Crippen molar-refractivity contribution in [2.75, 3.05) is 54.2 Å². The van der Waals surface area contributed by atoms with Gasteiger partial charge in [0.15, 0.2) is 0 Å². The van der Waals surface area contributed by atoms with Gasteiger partial charge in [-0.25, -0.2) is 0 Å². The molecule has 0 aromatic rings. The van der Waals surface area contributed by atoms with Crippen LogP contribution < -0.4 is 0 Å². The second kappa shape index (κ2) is 9.40. The van der Waals surface area contributed by atoms with E-state index >= 15 is 0 Å². The fourth-order valence-electron chi connectivity index (χ4n) is 1.17. The molecule has 0 aliphatic heterocycles. The molecule has 1 atom stereocenters. The fraction of sp³-hybridized carbons (Fsp3) is 1.00. The van der Waals surface area contributed by atoms with Crippen molar-refractivity contribution in [3.8, 4) is 0 Å². The Bertz CT molecular complexity index is 114. The standard InChI is InChI=1S/C10H23NO3/c1-10(14-4)9-11(5-7-12-2)6-8-13-3/h10H,5-9H2,1-4H3. The van der Waals surface area contributed by atoms with Gasteiger partial charge in [-0.15, -0.1) is 0 Å². The summed E-state index contributed by atoms with van der Waals surface area (Å²) < 4.78 is 15.3. The monoisotopic (exact) mass is 205 g/mol. The maximum Gasteiger partial charge on any atom is 0.0670 e. The SMILES string of the molecule is COCCN(CCOC)CC(C)OC. The van der Waals surface area contributed by atoms with Gasteiger partial charge in [0.05, 0.1) is 19.3 Å². The van der Waals surface area contributed by atoms with E-state index in [1.54, 1.807) is 21.3 Å². The van der Waals surface area contributed by atoms with Crippen LogP contribution in [0.2, 0.25) is 0 Å². The molecule has 0 saturated heterocycles. The van der Waals surface area contributed by atoms with Crippen molar-refractivity contribution in [2.45, 2.75) is 13.0 Å². The van der Waals surface area contributed by atoms with Gasteiger partial charge in [-0.1, -0.05) is 0 Å². The fourth-order valence-corrected chi connectivity index (χ4v) is 1.17. The van der Waals surface area contributed by atoms with Crippen LogP contribution in [0, 0.1) is 0 Å². The van der Waals surface area contributed by atoms with Gasteiger partial charge in [0.2, 0.25) is 0 Å². The van der Waals surface area contributed by atoms with Crippen LogP contribution in [0.25, 0.3) is 0 Å². The Balaban J connectivity index is 3.71. The predicted octanol–water partition coefficient (Wildman–Crippen LogP) is 0.616. The van der Waals surface area contributed by atoms with Crippen LogP contribution in [0.5, 0.6) is 0 Å². The molecule has 0 bridgehead atoms. The normalized spacial score (nSPS) is 13.5. The molecule has 86 valence electrons. The predicted molar refractivity (Wildman–Crippen MR) is 56.7 cm³/mol. The summed E-state index contributed by atoms with van der Waals surface area (Å²) in [4.78, 5) is 2.28. The highest BCUT2D eigenvalue weighted by Gasteiger charge is 2.08. The number of ether oxygens (including phenoxy) is 3. The van der Waals surface area contributed by atoms with Crippen LogP contribution in [-0.2, 0) is 14.2 Å².